The average molecular weight is 314 g/mol. The molecule has 1 fully saturated rings. The molecule has 1 aromatic carbocycles. The zero-order valence-electron chi connectivity index (χ0n) is 13.5. The van der Waals surface area contributed by atoms with Crippen LogP contribution in [0.4, 0.5) is 5.69 Å². The molecule has 0 amide bonds. The van der Waals surface area contributed by atoms with Gasteiger partial charge in [0, 0.05) is 24.7 Å². The summed E-state index contributed by atoms with van der Waals surface area (Å²) in [5.74, 6) is -0.338. The lowest BCUT2D eigenvalue weighted by atomic mass is 10.1. The maximum atomic E-state index is 12.3. The lowest BCUT2D eigenvalue weighted by Gasteiger charge is -2.18. The van der Waals surface area contributed by atoms with Gasteiger partial charge in [0.1, 0.15) is 5.56 Å². The minimum atomic E-state index is -0.338. The fourth-order valence-electron chi connectivity index (χ4n) is 3.15. The maximum Gasteiger partial charge on any atom is 0.341 e. The number of hydrogen-bond donors (Lipinski definition) is 1. The number of hydrogen-bond acceptors (Lipinski definition) is 5. The van der Waals surface area contributed by atoms with E-state index < -0.39 is 0 Å². The number of rotatable bonds is 5. The third-order valence-electron chi connectivity index (χ3n) is 4.34. The molecule has 0 spiro atoms. The molecule has 0 saturated heterocycles. The second-order valence-electron chi connectivity index (χ2n) is 5.80. The van der Waals surface area contributed by atoms with Crippen LogP contribution in [0.3, 0.4) is 0 Å². The Bertz CT molecular complexity index is 702. The van der Waals surface area contributed by atoms with E-state index in [2.05, 4.69) is 10.3 Å². The van der Waals surface area contributed by atoms with Crippen molar-refractivity contribution in [2.24, 2.45) is 0 Å². The van der Waals surface area contributed by atoms with Gasteiger partial charge in [-0.15, -0.1) is 0 Å². The minimum absolute atomic E-state index is 0.284. The highest BCUT2D eigenvalue weighted by atomic mass is 16.5. The van der Waals surface area contributed by atoms with E-state index in [1.165, 1.54) is 0 Å². The summed E-state index contributed by atoms with van der Waals surface area (Å²) in [6.07, 6.45) is 4.89. The van der Waals surface area contributed by atoms with Crippen LogP contribution in [-0.4, -0.2) is 36.8 Å². The van der Waals surface area contributed by atoms with E-state index in [1.807, 2.05) is 24.3 Å². The van der Waals surface area contributed by atoms with Crippen molar-refractivity contribution in [1.82, 2.24) is 4.98 Å². The number of nitrogens with zero attached hydrogens (tertiary/aromatic N) is 1. The van der Waals surface area contributed by atoms with Gasteiger partial charge in [0.15, 0.2) is 0 Å². The quantitative estimate of drug-likeness (QED) is 0.857. The zero-order chi connectivity index (χ0) is 16.2. The van der Waals surface area contributed by atoms with E-state index >= 15 is 0 Å². The van der Waals surface area contributed by atoms with Gasteiger partial charge in [0.05, 0.1) is 23.9 Å². The van der Waals surface area contributed by atoms with Gasteiger partial charge in [-0.2, -0.15) is 0 Å². The van der Waals surface area contributed by atoms with Gasteiger partial charge in [-0.1, -0.05) is 18.2 Å². The largest absolute Gasteiger partial charge is 0.462 e. The number of benzene rings is 1. The molecule has 1 N–H and O–H groups in total. The van der Waals surface area contributed by atoms with Crippen LogP contribution in [0.25, 0.3) is 10.9 Å². The number of esters is 1. The van der Waals surface area contributed by atoms with Crippen LogP contribution in [0.1, 0.15) is 36.5 Å². The van der Waals surface area contributed by atoms with Crippen molar-refractivity contribution >= 4 is 22.6 Å². The van der Waals surface area contributed by atoms with Crippen molar-refractivity contribution in [2.45, 2.75) is 38.3 Å². The molecule has 2 aromatic rings. The monoisotopic (exact) mass is 314 g/mol. The van der Waals surface area contributed by atoms with Gasteiger partial charge in [-0.05, 0) is 32.3 Å². The molecule has 1 aliphatic rings. The highest BCUT2D eigenvalue weighted by Gasteiger charge is 2.26. The Labute approximate surface area is 136 Å². The number of aromatic nitrogens is 1. The topological polar surface area (TPSA) is 60.5 Å². The number of para-hydroxylation sites is 1. The van der Waals surface area contributed by atoms with E-state index in [4.69, 9.17) is 9.47 Å². The first-order chi connectivity index (χ1) is 11.2. The molecule has 2 unspecified atom stereocenters. The van der Waals surface area contributed by atoms with Gasteiger partial charge in [0.25, 0.3) is 0 Å². The number of carbonyl (C=O) groups excluding carboxylic acids is 1. The molecule has 1 saturated carbocycles. The molecular formula is C18H22N2O3. The first-order valence-corrected chi connectivity index (χ1v) is 8.07. The summed E-state index contributed by atoms with van der Waals surface area (Å²) in [4.78, 5) is 16.7. The predicted molar refractivity (Wildman–Crippen MR) is 89.8 cm³/mol. The van der Waals surface area contributed by atoms with Crippen LogP contribution in [0.5, 0.6) is 0 Å². The maximum absolute atomic E-state index is 12.3. The summed E-state index contributed by atoms with van der Waals surface area (Å²) < 4.78 is 10.6. The number of fused-ring (bicyclic) bond motifs is 1. The minimum Gasteiger partial charge on any atom is -0.462 e. The van der Waals surface area contributed by atoms with E-state index in [-0.39, 0.29) is 12.1 Å². The lowest BCUT2D eigenvalue weighted by molar-refractivity contribution is 0.0527. The Balaban J connectivity index is 1.97. The molecule has 2 atom stereocenters. The molecule has 3 rings (SSSR count). The van der Waals surface area contributed by atoms with Gasteiger partial charge < -0.3 is 14.8 Å². The van der Waals surface area contributed by atoms with E-state index in [9.17, 15) is 4.79 Å². The molecular weight excluding hydrogens is 292 g/mol. The fraction of sp³-hybridized carbons (Fsp3) is 0.444. The molecule has 1 heterocycles. The predicted octanol–water partition coefficient (Wildman–Crippen LogP) is 3.39. The Morgan fingerprint density at radius 2 is 2.17 bits per heavy atom. The smallest absolute Gasteiger partial charge is 0.341 e. The number of anilines is 1. The normalized spacial score (nSPS) is 20.6. The standard InChI is InChI=1S/C18H22N2O3/c1-3-23-18(21)15-11-19-16-7-5-4-6-14(16)17(15)20-12-8-9-13(10-12)22-2/h4-7,11-13H,3,8-10H2,1-2H3,(H,19,20). The first-order valence-electron chi connectivity index (χ1n) is 8.07. The Morgan fingerprint density at radius 1 is 1.35 bits per heavy atom. The van der Waals surface area contributed by atoms with Crippen molar-refractivity contribution < 1.29 is 14.3 Å². The molecule has 122 valence electrons. The number of methoxy groups -OCH3 is 1. The third kappa shape index (κ3) is 3.29. The van der Waals surface area contributed by atoms with Crippen LogP contribution in [0.2, 0.25) is 0 Å². The molecule has 1 aromatic heterocycles. The van der Waals surface area contributed by atoms with Crippen molar-refractivity contribution in [2.75, 3.05) is 19.0 Å². The van der Waals surface area contributed by atoms with Gasteiger partial charge in [-0.25, -0.2) is 4.79 Å². The van der Waals surface area contributed by atoms with Crippen molar-refractivity contribution in [3.63, 3.8) is 0 Å². The van der Waals surface area contributed by atoms with Crippen molar-refractivity contribution in [3.8, 4) is 0 Å². The van der Waals surface area contributed by atoms with Crippen LogP contribution in [0.15, 0.2) is 30.5 Å². The average Bonchev–Trinajstić information content (AvgIpc) is 3.03. The highest BCUT2D eigenvalue weighted by molar-refractivity contribution is 6.04. The second kappa shape index (κ2) is 6.96. The Kier molecular flexibility index (Phi) is 4.76. The van der Waals surface area contributed by atoms with E-state index in [1.54, 1.807) is 20.2 Å². The lowest BCUT2D eigenvalue weighted by Crippen LogP contribution is -2.20. The number of nitrogens with one attached hydrogen (secondary N) is 1. The Hall–Kier alpha value is -2.14. The summed E-state index contributed by atoms with van der Waals surface area (Å²) in [6, 6.07) is 8.12. The number of pyridine rings is 1. The van der Waals surface area contributed by atoms with Crippen molar-refractivity contribution in [1.29, 1.82) is 0 Å². The SMILES string of the molecule is CCOC(=O)c1cnc2ccccc2c1NC1CCC(OC)C1. The fourth-order valence-corrected chi connectivity index (χ4v) is 3.15. The van der Waals surface area contributed by atoms with E-state index in [0.29, 0.717) is 18.2 Å². The van der Waals surface area contributed by atoms with E-state index in [0.717, 1.165) is 35.9 Å². The van der Waals surface area contributed by atoms with Crippen LogP contribution in [-0.2, 0) is 9.47 Å². The zero-order valence-corrected chi connectivity index (χ0v) is 13.5. The number of ether oxygens (including phenoxy) is 2. The first kappa shape index (κ1) is 15.7. The molecule has 5 heteroatoms. The third-order valence-corrected chi connectivity index (χ3v) is 4.34. The highest BCUT2D eigenvalue weighted by Crippen LogP contribution is 2.31. The summed E-state index contributed by atoms with van der Waals surface area (Å²) in [7, 11) is 1.75. The molecule has 0 radical (unpaired) electrons. The van der Waals surface area contributed by atoms with Gasteiger partial charge >= 0.3 is 5.97 Å². The summed E-state index contributed by atoms with van der Waals surface area (Å²) in [5.41, 5.74) is 2.17. The van der Waals surface area contributed by atoms with Crippen LogP contribution < -0.4 is 5.32 Å². The summed E-state index contributed by atoms with van der Waals surface area (Å²) >= 11 is 0. The molecule has 1 aliphatic carbocycles. The van der Waals surface area contributed by atoms with Crippen LogP contribution >= 0.6 is 0 Å². The number of carbonyl (C=O) groups is 1. The molecule has 0 bridgehead atoms. The molecule has 5 nitrogen and oxygen atoms in total. The second-order valence-corrected chi connectivity index (χ2v) is 5.80. The van der Waals surface area contributed by atoms with Gasteiger partial charge in [0.2, 0.25) is 0 Å². The Morgan fingerprint density at radius 3 is 2.91 bits per heavy atom. The van der Waals surface area contributed by atoms with Crippen LogP contribution in [0, 0.1) is 0 Å². The van der Waals surface area contributed by atoms with Crippen molar-refractivity contribution in [3.05, 3.63) is 36.0 Å². The molecule has 23 heavy (non-hydrogen) atoms. The summed E-state index contributed by atoms with van der Waals surface area (Å²) in [5, 5.41) is 4.48. The van der Waals surface area contributed by atoms with Gasteiger partial charge in [-0.3, -0.25) is 4.98 Å². The molecule has 0 aliphatic heterocycles. The summed E-state index contributed by atoms with van der Waals surface area (Å²) in [6.45, 7) is 2.15.